The standard InChI is InChI=1S/C25H27N/c1-7-18(5)22(16-17(3)4)19(8-2)20-13-11-15-24-25(20)21-12-9-10-14-23(21)26(24)6/h8-16H,2,5,7H2,1,3-4,6H3/b22-19-. The summed E-state index contributed by atoms with van der Waals surface area (Å²) >= 11 is 0. The smallest absolute Gasteiger partial charge is 0.0495 e. The molecule has 0 aliphatic heterocycles. The minimum atomic E-state index is 0.919. The van der Waals surface area contributed by atoms with E-state index in [9.17, 15) is 0 Å². The van der Waals surface area contributed by atoms with E-state index in [1.54, 1.807) is 0 Å². The van der Waals surface area contributed by atoms with Gasteiger partial charge in [-0.2, -0.15) is 0 Å². The van der Waals surface area contributed by atoms with Crippen LogP contribution in [0.15, 0.2) is 84.5 Å². The second-order valence-electron chi connectivity index (χ2n) is 6.99. The molecule has 0 spiro atoms. The first-order valence-corrected chi connectivity index (χ1v) is 9.15. The van der Waals surface area contributed by atoms with Crippen molar-refractivity contribution in [3.8, 4) is 0 Å². The van der Waals surface area contributed by atoms with Crippen LogP contribution in [0, 0.1) is 0 Å². The number of rotatable bonds is 5. The van der Waals surface area contributed by atoms with Gasteiger partial charge in [-0.05, 0) is 54.7 Å². The Morgan fingerprint density at radius 3 is 2.38 bits per heavy atom. The van der Waals surface area contributed by atoms with Crippen LogP contribution in [0.5, 0.6) is 0 Å². The summed E-state index contributed by atoms with van der Waals surface area (Å²) in [5.41, 5.74) is 8.44. The lowest BCUT2D eigenvalue weighted by Crippen LogP contribution is -1.93. The van der Waals surface area contributed by atoms with E-state index in [1.807, 2.05) is 6.08 Å². The highest BCUT2D eigenvalue weighted by Gasteiger charge is 2.15. The highest BCUT2D eigenvalue weighted by Crippen LogP contribution is 2.37. The van der Waals surface area contributed by atoms with Gasteiger partial charge in [-0.25, -0.2) is 0 Å². The van der Waals surface area contributed by atoms with Crippen molar-refractivity contribution in [3.05, 3.63) is 90.1 Å². The van der Waals surface area contributed by atoms with E-state index in [1.165, 1.54) is 38.5 Å². The van der Waals surface area contributed by atoms with Crippen molar-refractivity contribution in [1.29, 1.82) is 0 Å². The number of hydrogen-bond acceptors (Lipinski definition) is 0. The molecule has 0 N–H and O–H groups in total. The third-order valence-electron chi connectivity index (χ3n) is 4.96. The van der Waals surface area contributed by atoms with Gasteiger partial charge in [-0.1, -0.05) is 68.1 Å². The Kier molecular flexibility index (Phi) is 4.99. The summed E-state index contributed by atoms with van der Waals surface area (Å²) in [5.74, 6) is 0. The Hall–Kier alpha value is -2.80. The lowest BCUT2D eigenvalue weighted by atomic mass is 9.90. The molecule has 0 atom stereocenters. The monoisotopic (exact) mass is 341 g/mol. The molecular formula is C25H27N. The van der Waals surface area contributed by atoms with Crippen molar-refractivity contribution in [2.24, 2.45) is 7.05 Å². The number of fused-ring (bicyclic) bond motifs is 3. The summed E-state index contributed by atoms with van der Waals surface area (Å²) in [5, 5.41) is 2.56. The minimum Gasteiger partial charge on any atom is -0.344 e. The van der Waals surface area contributed by atoms with Gasteiger partial charge in [0, 0.05) is 28.9 Å². The molecular weight excluding hydrogens is 314 g/mol. The molecule has 0 fully saturated rings. The molecule has 1 heteroatoms. The summed E-state index contributed by atoms with van der Waals surface area (Å²) < 4.78 is 2.27. The van der Waals surface area contributed by atoms with Gasteiger partial charge >= 0.3 is 0 Å². The first kappa shape index (κ1) is 18.0. The van der Waals surface area contributed by atoms with E-state index < -0.39 is 0 Å². The fourth-order valence-electron chi connectivity index (χ4n) is 3.65. The lowest BCUT2D eigenvalue weighted by molar-refractivity contribution is 1.01. The molecule has 0 saturated carbocycles. The van der Waals surface area contributed by atoms with Crippen LogP contribution in [-0.4, -0.2) is 4.57 Å². The van der Waals surface area contributed by atoms with Crippen LogP contribution < -0.4 is 0 Å². The van der Waals surface area contributed by atoms with Crippen molar-refractivity contribution >= 4 is 27.4 Å². The molecule has 0 amide bonds. The predicted octanol–water partition coefficient (Wildman–Crippen LogP) is 7.20. The minimum absolute atomic E-state index is 0.919. The Balaban J connectivity index is 2.48. The molecule has 0 saturated heterocycles. The molecule has 132 valence electrons. The average molecular weight is 341 g/mol. The Morgan fingerprint density at radius 2 is 1.73 bits per heavy atom. The van der Waals surface area contributed by atoms with E-state index in [2.05, 4.69) is 94.1 Å². The van der Waals surface area contributed by atoms with E-state index >= 15 is 0 Å². The topological polar surface area (TPSA) is 4.93 Å². The number of aryl methyl sites for hydroxylation is 1. The van der Waals surface area contributed by atoms with Crippen LogP contribution in [0.4, 0.5) is 0 Å². The lowest BCUT2D eigenvalue weighted by Gasteiger charge is -2.14. The Morgan fingerprint density at radius 1 is 1.04 bits per heavy atom. The number of para-hydroxylation sites is 1. The van der Waals surface area contributed by atoms with E-state index in [0.717, 1.165) is 17.6 Å². The number of hydrogen-bond donors (Lipinski definition) is 0. The predicted molar refractivity (Wildman–Crippen MR) is 116 cm³/mol. The maximum absolute atomic E-state index is 4.31. The molecule has 0 radical (unpaired) electrons. The fraction of sp³-hybridized carbons (Fsp3) is 0.200. The molecule has 26 heavy (non-hydrogen) atoms. The second kappa shape index (κ2) is 7.21. The molecule has 1 heterocycles. The molecule has 3 rings (SSSR count). The summed E-state index contributed by atoms with van der Waals surface area (Å²) in [6.07, 6.45) is 5.13. The molecule has 3 aromatic rings. The zero-order valence-electron chi connectivity index (χ0n) is 16.3. The molecule has 1 aromatic heterocycles. The first-order valence-electron chi connectivity index (χ1n) is 9.15. The van der Waals surface area contributed by atoms with Gasteiger partial charge in [0.05, 0.1) is 0 Å². The molecule has 2 aromatic carbocycles. The van der Waals surface area contributed by atoms with Gasteiger partial charge < -0.3 is 4.57 Å². The maximum atomic E-state index is 4.31. The third kappa shape index (κ3) is 2.94. The highest BCUT2D eigenvalue weighted by molar-refractivity contribution is 6.13. The normalized spacial score (nSPS) is 12.2. The van der Waals surface area contributed by atoms with Gasteiger partial charge in [-0.3, -0.25) is 0 Å². The number of allylic oxidation sites excluding steroid dienone is 6. The van der Waals surface area contributed by atoms with Gasteiger partial charge in [0.25, 0.3) is 0 Å². The van der Waals surface area contributed by atoms with Crippen molar-refractivity contribution < 1.29 is 0 Å². The van der Waals surface area contributed by atoms with Crippen molar-refractivity contribution in [2.75, 3.05) is 0 Å². The van der Waals surface area contributed by atoms with Crippen molar-refractivity contribution in [3.63, 3.8) is 0 Å². The fourth-order valence-corrected chi connectivity index (χ4v) is 3.65. The van der Waals surface area contributed by atoms with Crippen LogP contribution in [-0.2, 0) is 7.05 Å². The van der Waals surface area contributed by atoms with Gasteiger partial charge in [0.2, 0.25) is 0 Å². The first-order chi connectivity index (χ1) is 12.5. The summed E-state index contributed by atoms with van der Waals surface area (Å²) in [7, 11) is 2.13. The largest absolute Gasteiger partial charge is 0.344 e. The molecule has 0 bridgehead atoms. The highest BCUT2D eigenvalue weighted by atomic mass is 14.9. The van der Waals surface area contributed by atoms with Crippen molar-refractivity contribution in [1.82, 2.24) is 4.57 Å². The third-order valence-corrected chi connectivity index (χ3v) is 4.96. The number of nitrogens with zero attached hydrogens (tertiary/aromatic N) is 1. The van der Waals surface area contributed by atoms with E-state index in [4.69, 9.17) is 0 Å². The molecule has 0 aliphatic rings. The van der Waals surface area contributed by atoms with Gasteiger partial charge in [0.15, 0.2) is 0 Å². The molecule has 0 unspecified atom stereocenters. The van der Waals surface area contributed by atoms with E-state index in [-0.39, 0.29) is 0 Å². The SMILES string of the molecule is C=C/C(=C(\C=C(C)C)C(=C)CC)c1cccc2c1c1ccccc1n2C. The van der Waals surface area contributed by atoms with Crippen LogP contribution in [0.2, 0.25) is 0 Å². The van der Waals surface area contributed by atoms with Crippen molar-refractivity contribution in [2.45, 2.75) is 27.2 Å². The van der Waals surface area contributed by atoms with Crippen LogP contribution in [0.25, 0.3) is 27.4 Å². The van der Waals surface area contributed by atoms with Crippen LogP contribution in [0.3, 0.4) is 0 Å². The summed E-state index contributed by atoms with van der Waals surface area (Å²) in [4.78, 5) is 0. The van der Waals surface area contributed by atoms with Crippen LogP contribution >= 0.6 is 0 Å². The quantitative estimate of drug-likeness (QED) is 0.432. The van der Waals surface area contributed by atoms with E-state index in [0.29, 0.717) is 0 Å². The number of benzene rings is 2. The molecule has 1 nitrogen and oxygen atoms in total. The number of aromatic nitrogens is 1. The van der Waals surface area contributed by atoms with Crippen LogP contribution in [0.1, 0.15) is 32.8 Å². The average Bonchev–Trinajstić information content (AvgIpc) is 2.94. The zero-order chi connectivity index (χ0) is 18.8. The summed E-state index contributed by atoms with van der Waals surface area (Å²) in [6, 6.07) is 15.1. The second-order valence-corrected chi connectivity index (χ2v) is 6.99. The zero-order valence-corrected chi connectivity index (χ0v) is 16.3. The van der Waals surface area contributed by atoms with Gasteiger partial charge in [-0.15, -0.1) is 0 Å². The Labute approximate surface area is 156 Å². The maximum Gasteiger partial charge on any atom is 0.0495 e. The summed E-state index contributed by atoms with van der Waals surface area (Å²) in [6.45, 7) is 14.9. The molecule has 0 aliphatic carbocycles. The Bertz CT molecular complexity index is 1070. The van der Waals surface area contributed by atoms with Gasteiger partial charge in [0.1, 0.15) is 0 Å².